The van der Waals surface area contributed by atoms with E-state index in [0.717, 1.165) is 12.1 Å². The molecule has 0 saturated heterocycles. The molecule has 4 aromatic rings. The third-order valence-electron chi connectivity index (χ3n) is 5.31. The summed E-state index contributed by atoms with van der Waals surface area (Å²) >= 11 is 0. The van der Waals surface area contributed by atoms with Gasteiger partial charge in [-0.15, -0.1) is 0 Å². The molecule has 0 N–H and O–H groups in total. The van der Waals surface area contributed by atoms with Crippen LogP contribution in [0.2, 0.25) is 0 Å². The van der Waals surface area contributed by atoms with Gasteiger partial charge < -0.3 is 0 Å². The topological polar surface area (TPSA) is 21.7 Å². The van der Waals surface area contributed by atoms with Gasteiger partial charge in [0.05, 0.1) is 18.1 Å². The summed E-state index contributed by atoms with van der Waals surface area (Å²) in [5, 5.41) is 1.27. The molecule has 0 atom stereocenters. The van der Waals surface area contributed by atoms with Crippen LogP contribution in [0.1, 0.15) is 29.9 Å². The molecule has 2 heterocycles. The van der Waals surface area contributed by atoms with Crippen LogP contribution in [0.3, 0.4) is 0 Å². The van der Waals surface area contributed by atoms with E-state index >= 15 is 0 Å². The van der Waals surface area contributed by atoms with E-state index in [1.807, 2.05) is 0 Å². The molecule has 0 amide bonds. The average molecular weight is 342 g/mol. The molecule has 0 aliphatic heterocycles. The van der Waals surface area contributed by atoms with Crippen molar-refractivity contribution in [1.29, 1.82) is 0 Å². The third-order valence-corrected chi connectivity index (χ3v) is 5.31. The van der Waals surface area contributed by atoms with Crippen molar-refractivity contribution < 1.29 is 4.68 Å². The molecule has 2 aromatic heterocycles. The van der Waals surface area contributed by atoms with E-state index in [0.29, 0.717) is 0 Å². The number of aryl methyl sites for hydroxylation is 3. The molecule has 1 aliphatic carbocycles. The van der Waals surface area contributed by atoms with Gasteiger partial charge in [0, 0.05) is 29.3 Å². The third kappa shape index (κ3) is 2.27. The van der Waals surface area contributed by atoms with Gasteiger partial charge in [-0.05, 0) is 43.2 Å². The first-order chi connectivity index (χ1) is 12.1. The van der Waals surface area contributed by atoms with Gasteiger partial charge in [0.25, 0.3) is 0 Å². The van der Waals surface area contributed by atoms with Crippen molar-refractivity contribution in [2.24, 2.45) is 7.05 Å². The molecular weight excluding hydrogens is 318 g/mol. The first-order valence-corrected chi connectivity index (χ1v) is 8.69. The Morgan fingerprint density at radius 2 is 1.81 bits per heavy atom. The minimum atomic E-state index is 0. The van der Waals surface area contributed by atoms with Crippen LogP contribution in [0.15, 0.2) is 54.7 Å². The molecule has 2 aromatic carbocycles. The number of benzene rings is 2. The van der Waals surface area contributed by atoms with E-state index in [1.54, 1.807) is 0 Å². The second-order valence-electron chi connectivity index (χ2n) is 6.98. The predicted octanol–water partition coefficient (Wildman–Crippen LogP) is 4.67. The van der Waals surface area contributed by atoms with Gasteiger partial charge in [-0.1, -0.05) is 36.4 Å². The fourth-order valence-corrected chi connectivity index (χ4v) is 3.99. The maximum atomic E-state index is 4.73. The number of para-hydroxylation sites is 1. The molecule has 0 unspecified atom stereocenters. The normalized spacial score (nSPS) is 12.0. The Morgan fingerprint density at radius 3 is 2.62 bits per heavy atom. The summed E-state index contributed by atoms with van der Waals surface area (Å²) in [4.78, 5) is 4.73. The number of hydrogen-bond donors (Lipinski definition) is 0. The smallest absolute Gasteiger partial charge is 0.238 e. The Balaban J connectivity index is 0.00000168. The van der Waals surface area contributed by atoms with Crippen molar-refractivity contribution >= 4 is 10.9 Å². The van der Waals surface area contributed by atoms with Crippen molar-refractivity contribution in [2.45, 2.75) is 27.7 Å². The Morgan fingerprint density at radius 1 is 1.00 bits per heavy atom. The molecule has 5 rings (SSSR count). The second-order valence-corrected chi connectivity index (χ2v) is 6.98. The van der Waals surface area contributed by atoms with Crippen LogP contribution in [-0.2, 0) is 13.5 Å². The zero-order valence-electron chi connectivity index (χ0n) is 14.7. The van der Waals surface area contributed by atoms with Crippen LogP contribution < -0.4 is 4.68 Å². The van der Waals surface area contributed by atoms with E-state index in [2.05, 4.69) is 85.0 Å². The molecule has 0 radical (unpaired) electrons. The maximum Gasteiger partial charge on any atom is 0.238 e. The van der Waals surface area contributed by atoms with Crippen LogP contribution >= 0.6 is 0 Å². The molecule has 26 heavy (non-hydrogen) atoms. The van der Waals surface area contributed by atoms with Gasteiger partial charge >= 0.3 is 0 Å². The van der Waals surface area contributed by atoms with E-state index in [-0.39, 0.29) is 7.43 Å². The van der Waals surface area contributed by atoms with Crippen LogP contribution in [0.4, 0.5) is 0 Å². The highest BCUT2D eigenvalue weighted by Crippen LogP contribution is 2.37. The van der Waals surface area contributed by atoms with E-state index < -0.39 is 0 Å². The van der Waals surface area contributed by atoms with Gasteiger partial charge in [-0.2, -0.15) is 4.68 Å². The second kappa shape index (κ2) is 5.80. The molecule has 1 aliphatic rings. The number of hydrogen-bond acceptors (Lipinski definition) is 1. The quantitative estimate of drug-likeness (QED) is 0.406. The Kier molecular flexibility index (Phi) is 3.69. The number of nitrogens with zero attached hydrogens (tertiary/aromatic N) is 3. The zero-order valence-corrected chi connectivity index (χ0v) is 14.7. The summed E-state index contributed by atoms with van der Waals surface area (Å²) in [6.07, 6.45) is 3.17. The largest absolute Gasteiger partial charge is 0.257 e. The SMILES string of the molecule is C.Cc1ccc2c(n1)Cc1cc3c[n+](-c4ccccc4C)n(C)c3cc1-2. The van der Waals surface area contributed by atoms with Crippen LogP contribution in [0, 0.1) is 13.8 Å². The molecule has 3 heteroatoms. The first kappa shape index (κ1) is 16.5. The lowest BCUT2D eigenvalue weighted by molar-refractivity contribution is -0.680. The van der Waals surface area contributed by atoms with Crippen LogP contribution in [0.25, 0.3) is 27.7 Å². The standard InChI is InChI=1S/C22H20N3.CH4/c1-14-6-4-5-7-21(14)25-13-17-10-16-11-20-18(9-8-15(2)23-20)19(16)12-22(17)24(25)3;/h4-10,12-13H,11H2,1-3H3;1H4/q+1;. The summed E-state index contributed by atoms with van der Waals surface area (Å²) in [6.45, 7) is 4.22. The summed E-state index contributed by atoms with van der Waals surface area (Å²) in [5.74, 6) is 0. The maximum absolute atomic E-state index is 4.73. The summed E-state index contributed by atoms with van der Waals surface area (Å²) in [7, 11) is 2.13. The van der Waals surface area contributed by atoms with Gasteiger partial charge in [0.2, 0.25) is 11.9 Å². The van der Waals surface area contributed by atoms with Gasteiger partial charge in [-0.3, -0.25) is 4.98 Å². The summed E-state index contributed by atoms with van der Waals surface area (Å²) in [6, 6.07) is 17.5. The molecule has 130 valence electrons. The molecule has 0 saturated carbocycles. The highest BCUT2D eigenvalue weighted by Gasteiger charge is 2.24. The van der Waals surface area contributed by atoms with E-state index in [9.17, 15) is 0 Å². The zero-order chi connectivity index (χ0) is 17.1. The van der Waals surface area contributed by atoms with Crippen LogP contribution in [0.5, 0.6) is 0 Å². The predicted molar refractivity (Wildman–Crippen MR) is 107 cm³/mol. The first-order valence-electron chi connectivity index (χ1n) is 8.69. The lowest BCUT2D eigenvalue weighted by atomic mass is 10.0. The van der Waals surface area contributed by atoms with Crippen molar-refractivity contribution in [2.75, 3.05) is 0 Å². The average Bonchev–Trinajstić information content (AvgIpc) is 3.10. The lowest BCUT2D eigenvalue weighted by Crippen LogP contribution is -2.39. The van der Waals surface area contributed by atoms with E-state index in [1.165, 1.54) is 44.5 Å². The van der Waals surface area contributed by atoms with E-state index in [4.69, 9.17) is 4.98 Å². The van der Waals surface area contributed by atoms with Crippen molar-refractivity contribution in [3.8, 4) is 16.8 Å². The monoisotopic (exact) mass is 342 g/mol. The molecule has 0 bridgehead atoms. The molecule has 0 spiro atoms. The fraction of sp³-hybridized carbons (Fsp3) is 0.217. The number of rotatable bonds is 1. The fourth-order valence-electron chi connectivity index (χ4n) is 3.99. The van der Waals surface area contributed by atoms with Gasteiger partial charge in [-0.25, -0.2) is 0 Å². The Bertz CT molecular complexity index is 1150. The summed E-state index contributed by atoms with van der Waals surface area (Å²) in [5.41, 5.74) is 10.0. The van der Waals surface area contributed by atoms with Crippen molar-refractivity contribution in [3.63, 3.8) is 0 Å². The van der Waals surface area contributed by atoms with Crippen LogP contribution in [-0.4, -0.2) is 9.67 Å². The molecular formula is C23H24N3+. The lowest BCUT2D eigenvalue weighted by Gasteiger charge is -2.02. The minimum Gasteiger partial charge on any atom is -0.257 e. The molecule has 0 fully saturated rings. The minimum absolute atomic E-state index is 0. The highest BCUT2D eigenvalue weighted by atomic mass is 15.4. The van der Waals surface area contributed by atoms with Gasteiger partial charge in [0.15, 0.2) is 0 Å². The Hall–Kier alpha value is -2.94. The number of aromatic nitrogens is 3. The number of pyridine rings is 1. The highest BCUT2D eigenvalue weighted by molar-refractivity contribution is 5.88. The molecule has 3 nitrogen and oxygen atoms in total. The summed E-state index contributed by atoms with van der Waals surface area (Å²) < 4.78 is 4.47. The van der Waals surface area contributed by atoms with Crippen molar-refractivity contribution in [1.82, 2.24) is 9.67 Å². The Labute approximate surface area is 154 Å². The van der Waals surface area contributed by atoms with Crippen molar-refractivity contribution in [3.05, 3.63) is 77.2 Å². The number of fused-ring (bicyclic) bond motifs is 4. The van der Waals surface area contributed by atoms with Gasteiger partial charge in [0.1, 0.15) is 5.52 Å².